The molecule has 0 aliphatic carbocycles. The maximum atomic E-state index is 12.6. The number of carbonyl (C=O) groups excluding carboxylic acids is 2. The summed E-state index contributed by atoms with van der Waals surface area (Å²) in [6.45, 7) is 3.63. The van der Waals surface area contributed by atoms with Gasteiger partial charge < -0.3 is 23.7 Å². The third-order valence-electron chi connectivity index (χ3n) is 4.69. The molecule has 0 atom stereocenters. The Hall–Kier alpha value is -2.68. The molecule has 0 N–H and O–H groups in total. The lowest BCUT2D eigenvalue weighted by atomic mass is 10.3. The molecule has 0 bridgehead atoms. The molecule has 0 aromatic carbocycles. The number of amides is 2. The Bertz CT molecular complexity index is 805. The van der Waals surface area contributed by atoms with Crippen molar-refractivity contribution >= 4 is 11.8 Å². The Balaban J connectivity index is 1.51. The van der Waals surface area contributed by atoms with Crippen molar-refractivity contribution in [3.63, 3.8) is 0 Å². The number of ether oxygens (including phenoxy) is 1. The van der Waals surface area contributed by atoms with Crippen LogP contribution in [0, 0.1) is 0 Å². The van der Waals surface area contributed by atoms with Gasteiger partial charge in [0, 0.05) is 39.4 Å². The highest BCUT2D eigenvalue weighted by atomic mass is 16.5. The van der Waals surface area contributed by atoms with E-state index in [1.165, 1.54) is 0 Å². The van der Waals surface area contributed by atoms with Crippen LogP contribution in [0.4, 0.5) is 0 Å². The van der Waals surface area contributed by atoms with Gasteiger partial charge in [-0.2, -0.15) is 0 Å². The lowest BCUT2D eigenvalue weighted by Gasteiger charge is -2.29. The summed E-state index contributed by atoms with van der Waals surface area (Å²) in [6, 6.07) is 3.65. The van der Waals surface area contributed by atoms with E-state index in [9.17, 15) is 9.59 Å². The first-order valence-electron chi connectivity index (χ1n) is 8.35. The summed E-state index contributed by atoms with van der Waals surface area (Å²) in [5.74, 6) is 0.834. The van der Waals surface area contributed by atoms with Crippen LogP contribution in [-0.4, -0.2) is 73.8 Å². The molecule has 4 heterocycles. The van der Waals surface area contributed by atoms with Crippen LogP contribution in [0.5, 0.6) is 0 Å². The van der Waals surface area contributed by atoms with E-state index in [1.807, 2.05) is 23.9 Å². The van der Waals surface area contributed by atoms with Gasteiger partial charge in [-0.25, -0.2) is 0 Å². The van der Waals surface area contributed by atoms with Crippen LogP contribution in [0.3, 0.4) is 0 Å². The number of hydrogen-bond donors (Lipinski definition) is 0. The van der Waals surface area contributed by atoms with Crippen molar-refractivity contribution in [2.24, 2.45) is 7.05 Å². The second-order valence-electron chi connectivity index (χ2n) is 6.23. The standard InChI is InChI=1S/C16H20N6O3/c1-19-4-2-3-12(19)15(23)21-5-6-22-13(11-21)17-18-14(22)16(24)20-7-9-25-10-8-20/h2-4H,5-11H2,1H3. The number of rotatable bonds is 2. The van der Waals surface area contributed by atoms with Gasteiger partial charge in [0.15, 0.2) is 5.82 Å². The van der Waals surface area contributed by atoms with Gasteiger partial charge in [0.1, 0.15) is 5.69 Å². The Morgan fingerprint density at radius 2 is 1.84 bits per heavy atom. The predicted molar refractivity (Wildman–Crippen MR) is 86.9 cm³/mol. The minimum atomic E-state index is -0.121. The second-order valence-corrected chi connectivity index (χ2v) is 6.23. The molecule has 25 heavy (non-hydrogen) atoms. The largest absolute Gasteiger partial charge is 0.378 e. The predicted octanol–water partition coefficient (Wildman–Crippen LogP) is -0.255. The molecule has 2 aromatic rings. The highest BCUT2D eigenvalue weighted by molar-refractivity contribution is 5.93. The Labute approximate surface area is 144 Å². The van der Waals surface area contributed by atoms with Crippen LogP contribution in [-0.2, 0) is 24.9 Å². The van der Waals surface area contributed by atoms with E-state index < -0.39 is 0 Å². The van der Waals surface area contributed by atoms with Crippen LogP contribution in [0.15, 0.2) is 18.3 Å². The molecule has 2 aromatic heterocycles. The van der Waals surface area contributed by atoms with Crippen molar-refractivity contribution in [1.29, 1.82) is 0 Å². The zero-order chi connectivity index (χ0) is 17.4. The molecule has 9 heteroatoms. The van der Waals surface area contributed by atoms with E-state index in [-0.39, 0.29) is 11.8 Å². The van der Waals surface area contributed by atoms with Crippen molar-refractivity contribution in [2.45, 2.75) is 13.1 Å². The number of hydrogen-bond acceptors (Lipinski definition) is 5. The molecule has 1 fully saturated rings. The third-order valence-corrected chi connectivity index (χ3v) is 4.69. The molecule has 4 rings (SSSR count). The van der Waals surface area contributed by atoms with Crippen molar-refractivity contribution in [2.75, 3.05) is 32.8 Å². The van der Waals surface area contributed by atoms with Crippen molar-refractivity contribution in [3.05, 3.63) is 35.7 Å². The summed E-state index contributed by atoms with van der Waals surface area (Å²) in [5, 5.41) is 8.23. The van der Waals surface area contributed by atoms with Crippen LogP contribution >= 0.6 is 0 Å². The van der Waals surface area contributed by atoms with Crippen molar-refractivity contribution < 1.29 is 14.3 Å². The summed E-state index contributed by atoms with van der Waals surface area (Å²) in [6.07, 6.45) is 1.85. The monoisotopic (exact) mass is 344 g/mol. The van der Waals surface area contributed by atoms with E-state index in [1.54, 1.807) is 20.4 Å². The number of fused-ring (bicyclic) bond motifs is 1. The van der Waals surface area contributed by atoms with E-state index >= 15 is 0 Å². The summed E-state index contributed by atoms with van der Waals surface area (Å²) in [4.78, 5) is 28.8. The maximum absolute atomic E-state index is 12.6. The Morgan fingerprint density at radius 3 is 2.56 bits per heavy atom. The molecule has 0 spiro atoms. The molecule has 2 aliphatic rings. The summed E-state index contributed by atoms with van der Waals surface area (Å²) in [5.41, 5.74) is 0.637. The van der Waals surface area contributed by atoms with Gasteiger partial charge in [-0.1, -0.05) is 0 Å². The molecule has 2 aliphatic heterocycles. The fourth-order valence-electron chi connectivity index (χ4n) is 3.24. The molecule has 132 valence electrons. The zero-order valence-electron chi connectivity index (χ0n) is 14.1. The molecule has 0 unspecified atom stereocenters. The van der Waals surface area contributed by atoms with E-state index in [4.69, 9.17) is 4.74 Å². The van der Waals surface area contributed by atoms with Gasteiger partial charge >= 0.3 is 0 Å². The molecular weight excluding hydrogens is 324 g/mol. The smallest absolute Gasteiger partial charge is 0.291 e. The highest BCUT2D eigenvalue weighted by Crippen LogP contribution is 2.17. The number of carbonyl (C=O) groups is 2. The van der Waals surface area contributed by atoms with Gasteiger partial charge in [-0.15, -0.1) is 10.2 Å². The second kappa shape index (κ2) is 6.32. The molecule has 9 nitrogen and oxygen atoms in total. The first-order valence-corrected chi connectivity index (χ1v) is 8.35. The van der Waals surface area contributed by atoms with Gasteiger partial charge in [-0.05, 0) is 12.1 Å². The molecule has 0 saturated carbocycles. The average molecular weight is 344 g/mol. The van der Waals surface area contributed by atoms with Crippen LogP contribution in [0.1, 0.15) is 26.9 Å². The topological polar surface area (TPSA) is 85.5 Å². The Morgan fingerprint density at radius 1 is 1.04 bits per heavy atom. The molecule has 1 saturated heterocycles. The number of morpholine rings is 1. The first kappa shape index (κ1) is 15.8. The Kier molecular flexibility index (Phi) is 4.00. The molecular formula is C16H20N6O3. The summed E-state index contributed by atoms with van der Waals surface area (Å²) < 4.78 is 8.91. The lowest BCUT2D eigenvalue weighted by molar-refractivity contribution is 0.0289. The summed E-state index contributed by atoms with van der Waals surface area (Å²) in [7, 11) is 1.85. The van der Waals surface area contributed by atoms with Crippen LogP contribution in [0.25, 0.3) is 0 Å². The quantitative estimate of drug-likeness (QED) is 0.750. The van der Waals surface area contributed by atoms with Gasteiger partial charge in [-0.3, -0.25) is 9.59 Å². The van der Waals surface area contributed by atoms with Crippen LogP contribution < -0.4 is 0 Å². The van der Waals surface area contributed by atoms with E-state index in [0.29, 0.717) is 63.3 Å². The van der Waals surface area contributed by atoms with Gasteiger partial charge in [0.25, 0.3) is 11.8 Å². The fourth-order valence-corrected chi connectivity index (χ4v) is 3.24. The highest BCUT2D eigenvalue weighted by Gasteiger charge is 2.30. The average Bonchev–Trinajstić information content (AvgIpc) is 3.26. The van der Waals surface area contributed by atoms with E-state index in [2.05, 4.69) is 10.2 Å². The van der Waals surface area contributed by atoms with E-state index in [0.717, 1.165) is 0 Å². The van der Waals surface area contributed by atoms with Crippen molar-refractivity contribution in [3.8, 4) is 0 Å². The van der Waals surface area contributed by atoms with Gasteiger partial charge in [0.2, 0.25) is 5.82 Å². The number of nitrogens with zero attached hydrogens (tertiary/aromatic N) is 6. The van der Waals surface area contributed by atoms with Crippen LogP contribution in [0.2, 0.25) is 0 Å². The number of aryl methyl sites for hydroxylation is 1. The first-order chi connectivity index (χ1) is 12.1. The minimum absolute atomic E-state index is 0.0391. The SMILES string of the molecule is Cn1cccc1C(=O)N1CCn2c(nnc2C(=O)N2CCOCC2)C1. The van der Waals surface area contributed by atoms with Crippen molar-refractivity contribution in [1.82, 2.24) is 29.1 Å². The zero-order valence-corrected chi connectivity index (χ0v) is 14.1. The number of aromatic nitrogens is 4. The molecule has 0 radical (unpaired) electrons. The molecule has 2 amide bonds. The third kappa shape index (κ3) is 2.80. The van der Waals surface area contributed by atoms with Gasteiger partial charge in [0.05, 0.1) is 19.8 Å². The maximum Gasteiger partial charge on any atom is 0.291 e. The fraction of sp³-hybridized carbons (Fsp3) is 0.500. The summed E-state index contributed by atoms with van der Waals surface area (Å²) >= 11 is 0. The normalized spacial score (nSPS) is 17.5. The lowest BCUT2D eigenvalue weighted by Crippen LogP contribution is -2.43. The minimum Gasteiger partial charge on any atom is -0.378 e.